The van der Waals surface area contributed by atoms with Crippen LogP contribution < -0.4 is 0 Å². The molecule has 12 heteroatoms. The van der Waals surface area contributed by atoms with E-state index in [0.29, 0.717) is 13.0 Å². The number of hydrogen-bond acceptors (Lipinski definition) is 6. The van der Waals surface area contributed by atoms with Crippen molar-refractivity contribution in [1.29, 1.82) is 0 Å². The highest BCUT2D eigenvalue weighted by atomic mass is 19.4. The number of hydrogen-bond donors (Lipinski definition) is 2. The third kappa shape index (κ3) is 6.90. The molecule has 1 fully saturated rings. The number of carbonyl (C=O) groups excluding carboxylic acids is 1. The van der Waals surface area contributed by atoms with Gasteiger partial charge in [0.25, 0.3) is 0 Å². The molecule has 2 N–H and O–H groups in total. The molecule has 3 atom stereocenters. The third-order valence-electron chi connectivity index (χ3n) is 7.09. The van der Waals surface area contributed by atoms with Crippen LogP contribution in [0.5, 0.6) is 0 Å². The molecule has 0 aliphatic carbocycles. The zero-order valence-electron chi connectivity index (χ0n) is 22.2. The Morgan fingerprint density at radius 3 is 2.46 bits per heavy atom. The lowest BCUT2D eigenvalue weighted by Gasteiger charge is -2.44. The van der Waals surface area contributed by atoms with E-state index in [-0.39, 0.29) is 67.8 Å². The first-order chi connectivity index (χ1) is 17.1. The highest BCUT2D eigenvalue weighted by Crippen LogP contribution is 2.34. The number of halogens is 3. The predicted octanol–water partition coefficient (Wildman–Crippen LogP) is 3.53. The smallest absolute Gasteiger partial charge is 0.433 e. The van der Waals surface area contributed by atoms with Crippen molar-refractivity contribution in [1.82, 2.24) is 24.7 Å². The van der Waals surface area contributed by atoms with Crippen LogP contribution in [0.4, 0.5) is 18.0 Å². The van der Waals surface area contributed by atoms with Gasteiger partial charge in [0.05, 0.1) is 11.7 Å². The molecule has 1 unspecified atom stereocenters. The molecular weight excluding hydrogens is 491 g/mol. The maximum absolute atomic E-state index is 13.6. The third-order valence-corrected chi connectivity index (χ3v) is 7.09. The Hall–Kier alpha value is -2.47. The fourth-order valence-electron chi connectivity index (χ4n) is 5.32. The summed E-state index contributed by atoms with van der Waals surface area (Å²) in [6, 6.07) is -0.717. The van der Waals surface area contributed by atoms with Crippen LogP contribution in [-0.2, 0) is 30.4 Å². The van der Waals surface area contributed by atoms with E-state index in [1.54, 1.807) is 37.5 Å². The molecule has 2 aliphatic rings. The average molecular weight is 530 g/mol. The van der Waals surface area contributed by atoms with Gasteiger partial charge in [-0.1, -0.05) is 13.8 Å². The lowest BCUT2D eigenvalue weighted by Crippen LogP contribution is -2.58. The SMILES string of the molecule is CCc1nc2c(c(C(F)(F)F)n1)CCN(C(O)C[C@@H](CN1C[C@H](C)CCC1=O)N(C(=O)O)C(C)(C)C)C2. The summed E-state index contributed by atoms with van der Waals surface area (Å²) in [5.41, 5.74) is -1.46. The second-order valence-corrected chi connectivity index (χ2v) is 11.1. The number of aromatic nitrogens is 2. The quantitative estimate of drug-likeness (QED) is 0.556. The molecule has 0 radical (unpaired) electrons. The van der Waals surface area contributed by atoms with Gasteiger partial charge >= 0.3 is 12.3 Å². The molecule has 208 valence electrons. The number of nitrogens with zero attached hydrogens (tertiary/aromatic N) is 5. The minimum Gasteiger partial charge on any atom is -0.465 e. The van der Waals surface area contributed by atoms with E-state index >= 15 is 0 Å². The van der Waals surface area contributed by atoms with Crippen molar-refractivity contribution in [3.63, 3.8) is 0 Å². The normalized spacial score (nSPS) is 20.9. The van der Waals surface area contributed by atoms with Gasteiger partial charge in [-0.25, -0.2) is 14.8 Å². The number of likely N-dealkylation sites (tertiary alicyclic amines) is 1. The zero-order valence-corrected chi connectivity index (χ0v) is 22.2. The Bertz CT molecular complexity index is 998. The first kappa shape index (κ1) is 29.1. The Morgan fingerprint density at radius 2 is 1.89 bits per heavy atom. The summed E-state index contributed by atoms with van der Waals surface area (Å²) < 4.78 is 40.9. The van der Waals surface area contributed by atoms with Crippen molar-refractivity contribution in [2.45, 2.75) is 97.3 Å². The molecule has 9 nitrogen and oxygen atoms in total. The molecule has 2 aliphatic heterocycles. The van der Waals surface area contributed by atoms with Gasteiger partial charge in [0, 0.05) is 56.5 Å². The number of alkyl halides is 3. The van der Waals surface area contributed by atoms with Gasteiger partial charge in [0.2, 0.25) is 5.91 Å². The van der Waals surface area contributed by atoms with E-state index in [1.165, 1.54) is 4.90 Å². The zero-order chi connectivity index (χ0) is 27.7. The summed E-state index contributed by atoms with van der Waals surface area (Å²) in [5.74, 6) is 0.320. The van der Waals surface area contributed by atoms with Crippen LogP contribution in [-0.4, -0.2) is 84.3 Å². The molecule has 0 bridgehead atoms. The molecule has 2 amide bonds. The van der Waals surface area contributed by atoms with Crippen LogP contribution >= 0.6 is 0 Å². The Labute approximate surface area is 215 Å². The summed E-state index contributed by atoms with van der Waals surface area (Å²) in [7, 11) is 0. The minimum atomic E-state index is -4.60. The number of rotatable bonds is 7. The van der Waals surface area contributed by atoms with Gasteiger partial charge in [-0.05, 0) is 39.5 Å². The van der Waals surface area contributed by atoms with E-state index in [9.17, 15) is 33.0 Å². The number of amides is 2. The van der Waals surface area contributed by atoms with E-state index < -0.39 is 35.8 Å². The van der Waals surface area contributed by atoms with Crippen molar-refractivity contribution in [3.8, 4) is 0 Å². The van der Waals surface area contributed by atoms with Gasteiger partial charge in [-0.15, -0.1) is 0 Å². The number of aliphatic hydroxyl groups excluding tert-OH is 1. The molecular formula is C25H38F3N5O4. The highest BCUT2D eigenvalue weighted by molar-refractivity contribution is 5.77. The van der Waals surface area contributed by atoms with Crippen LogP contribution in [0.25, 0.3) is 0 Å². The fraction of sp³-hybridized carbons (Fsp3) is 0.760. The Balaban J connectivity index is 1.86. The number of aryl methyl sites for hydroxylation is 1. The summed E-state index contributed by atoms with van der Waals surface area (Å²) in [6.07, 6.45) is -5.50. The Morgan fingerprint density at radius 1 is 1.22 bits per heavy atom. The first-order valence-electron chi connectivity index (χ1n) is 12.8. The van der Waals surface area contributed by atoms with Crippen molar-refractivity contribution >= 4 is 12.0 Å². The standard InChI is InChI=1S/C25H38F3N5O4/c1-6-19-29-18-14-31(10-9-17(18)22(30-19)25(26,27)28)21(35)11-16(33(23(36)37)24(3,4)5)13-32-12-15(2)7-8-20(32)34/h15-16,21,35H,6-14H2,1-5H3,(H,36,37)/t15-,16+,21?/m1/s1. The number of aliphatic hydroxyl groups is 1. The largest absolute Gasteiger partial charge is 0.465 e. The molecule has 1 saturated heterocycles. The maximum Gasteiger partial charge on any atom is 0.433 e. The fourth-order valence-corrected chi connectivity index (χ4v) is 5.32. The summed E-state index contributed by atoms with van der Waals surface area (Å²) in [4.78, 5) is 37.5. The highest BCUT2D eigenvalue weighted by Gasteiger charge is 2.41. The first-order valence-corrected chi connectivity index (χ1v) is 12.8. The number of fused-ring (bicyclic) bond motifs is 1. The van der Waals surface area contributed by atoms with E-state index in [0.717, 1.165) is 6.42 Å². The van der Waals surface area contributed by atoms with Crippen molar-refractivity contribution in [2.75, 3.05) is 19.6 Å². The van der Waals surface area contributed by atoms with Gasteiger partial charge < -0.3 is 15.1 Å². The molecule has 1 aromatic rings. The van der Waals surface area contributed by atoms with Crippen LogP contribution in [0.15, 0.2) is 0 Å². The van der Waals surface area contributed by atoms with Crippen LogP contribution in [0.1, 0.15) is 76.7 Å². The second-order valence-electron chi connectivity index (χ2n) is 11.1. The van der Waals surface area contributed by atoms with Gasteiger partial charge in [0.15, 0.2) is 5.69 Å². The molecule has 0 aromatic carbocycles. The lowest BCUT2D eigenvalue weighted by atomic mass is 9.96. The van der Waals surface area contributed by atoms with Crippen molar-refractivity contribution < 1.29 is 33.0 Å². The minimum absolute atomic E-state index is 0.00505. The van der Waals surface area contributed by atoms with Crippen molar-refractivity contribution in [2.24, 2.45) is 5.92 Å². The van der Waals surface area contributed by atoms with Crippen LogP contribution in [0, 0.1) is 5.92 Å². The molecule has 37 heavy (non-hydrogen) atoms. The van der Waals surface area contributed by atoms with Gasteiger partial charge in [-0.2, -0.15) is 13.2 Å². The molecule has 0 spiro atoms. The van der Waals surface area contributed by atoms with Crippen LogP contribution in [0.3, 0.4) is 0 Å². The van der Waals surface area contributed by atoms with Gasteiger partial charge in [0.1, 0.15) is 12.1 Å². The summed E-state index contributed by atoms with van der Waals surface area (Å²) in [5, 5.41) is 21.3. The van der Waals surface area contributed by atoms with Gasteiger partial charge in [-0.3, -0.25) is 14.6 Å². The number of carbonyl (C=O) groups is 2. The summed E-state index contributed by atoms with van der Waals surface area (Å²) in [6.45, 7) is 9.74. The topological polar surface area (TPSA) is 110 Å². The second kappa shape index (κ2) is 11.1. The van der Waals surface area contributed by atoms with E-state index in [4.69, 9.17) is 0 Å². The number of piperidine rings is 1. The number of carboxylic acid groups (broad SMARTS) is 1. The molecule has 3 heterocycles. The molecule has 1 aromatic heterocycles. The lowest BCUT2D eigenvalue weighted by molar-refractivity contribution is -0.142. The monoisotopic (exact) mass is 529 g/mol. The average Bonchev–Trinajstić information content (AvgIpc) is 2.78. The van der Waals surface area contributed by atoms with Crippen LogP contribution in [0.2, 0.25) is 0 Å². The van der Waals surface area contributed by atoms with E-state index in [2.05, 4.69) is 9.97 Å². The Kier molecular flexibility index (Phi) is 8.73. The molecule has 3 rings (SSSR count). The molecule has 0 saturated carbocycles. The maximum atomic E-state index is 13.6. The predicted molar refractivity (Wildman–Crippen MR) is 130 cm³/mol. The van der Waals surface area contributed by atoms with Crippen molar-refractivity contribution in [3.05, 3.63) is 22.8 Å². The van der Waals surface area contributed by atoms with E-state index in [1.807, 2.05) is 6.92 Å². The summed E-state index contributed by atoms with van der Waals surface area (Å²) >= 11 is 0.